The maximum absolute atomic E-state index is 13.3. The van der Waals surface area contributed by atoms with E-state index in [1.807, 2.05) is 0 Å². The van der Waals surface area contributed by atoms with E-state index in [1.165, 1.54) is 0 Å². The summed E-state index contributed by atoms with van der Waals surface area (Å²) < 4.78 is 56.0. The molecule has 1 atom stereocenters. The van der Waals surface area contributed by atoms with Gasteiger partial charge in [-0.05, 0) is 0 Å². The molecule has 10 heteroatoms. The predicted molar refractivity (Wildman–Crippen MR) is 75.1 cm³/mol. The number of ether oxygens (including phenoxy) is 1. The van der Waals surface area contributed by atoms with Crippen LogP contribution in [0.25, 0.3) is 0 Å². The van der Waals surface area contributed by atoms with Crippen LogP contribution < -0.4 is 10.1 Å². The van der Waals surface area contributed by atoms with Crippen molar-refractivity contribution >= 4 is 28.7 Å². The quantitative estimate of drug-likeness (QED) is 0.233. The van der Waals surface area contributed by atoms with E-state index in [4.69, 9.17) is 5.11 Å². The second-order valence-corrected chi connectivity index (χ2v) is 7.18. The van der Waals surface area contributed by atoms with Crippen molar-refractivity contribution in [2.24, 2.45) is 0 Å². The fraction of sp³-hybridized carbons (Fsp3) is 0.429. The summed E-state index contributed by atoms with van der Waals surface area (Å²) in [4.78, 5) is 23.0. The molecular weight excluding hydrogens is 397 g/mol. The van der Waals surface area contributed by atoms with E-state index in [0.717, 1.165) is 0 Å². The van der Waals surface area contributed by atoms with Crippen molar-refractivity contribution in [2.75, 3.05) is 6.61 Å². The molecule has 1 unspecified atom stereocenters. The van der Waals surface area contributed by atoms with Gasteiger partial charge in [-0.2, -0.15) is 0 Å². The van der Waals surface area contributed by atoms with E-state index in [1.54, 1.807) is 6.92 Å². The number of aliphatic hydroxyl groups excluding tert-OH is 1. The van der Waals surface area contributed by atoms with Crippen molar-refractivity contribution < 1.29 is 37.0 Å². The van der Waals surface area contributed by atoms with Gasteiger partial charge in [-0.3, -0.25) is 0 Å². The third-order valence-corrected chi connectivity index (χ3v) is 3.32. The zero-order chi connectivity index (χ0) is 18.5. The number of nitrogens with one attached hydrogen (secondary N) is 1. The molecule has 0 saturated heterocycles. The van der Waals surface area contributed by atoms with Gasteiger partial charge in [-0.25, -0.2) is 0 Å². The SMILES string of the molecule is CC([As])(CO)NC(=O)CCCC(=O)Oc1c(F)c(F)cc(F)c1F. The molecule has 1 rings (SSSR count). The number of carbonyl (C=O) groups is 2. The van der Waals surface area contributed by atoms with E-state index >= 15 is 0 Å². The fourth-order valence-corrected chi connectivity index (χ4v) is 1.86. The second-order valence-electron chi connectivity index (χ2n) is 5.11. The third-order valence-electron chi connectivity index (χ3n) is 2.79. The average molecular weight is 411 g/mol. The monoisotopic (exact) mass is 411 g/mol. The van der Waals surface area contributed by atoms with Crippen LogP contribution in [0, 0.1) is 23.3 Å². The van der Waals surface area contributed by atoms with Crippen LogP contribution in [0.4, 0.5) is 17.6 Å². The van der Waals surface area contributed by atoms with Gasteiger partial charge >= 0.3 is 143 Å². The van der Waals surface area contributed by atoms with Gasteiger partial charge in [-0.15, -0.1) is 0 Å². The molecule has 5 nitrogen and oxygen atoms in total. The number of rotatable bonds is 7. The molecule has 0 fully saturated rings. The van der Waals surface area contributed by atoms with Crippen molar-refractivity contribution in [3.63, 3.8) is 0 Å². The van der Waals surface area contributed by atoms with Crippen molar-refractivity contribution in [3.05, 3.63) is 29.3 Å². The Morgan fingerprint density at radius 1 is 1.21 bits per heavy atom. The van der Waals surface area contributed by atoms with Crippen molar-refractivity contribution in [2.45, 2.75) is 30.5 Å². The summed E-state index contributed by atoms with van der Waals surface area (Å²) in [5.74, 6) is -10.1. The summed E-state index contributed by atoms with van der Waals surface area (Å²) in [5, 5.41) is 11.5. The van der Waals surface area contributed by atoms with Gasteiger partial charge in [0.2, 0.25) is 0 Å². The van der Waals surface area contributed by atoms with Crippen molar-refractivity contribution in [1.82, 2.24) is 5.32 Å². The van der Waals surface area contributed by atoms with Crippen LogP contribution in [-0.4, -0.2) is 44.8 Å². The first-order chi connectivity index (χ1) is 11.1. The van der Waals surface area contributed by atoms with Crippen LogP contribution in [-0.2, 0) is 9.59 Å². The standard InChI is InChI=1S/C14H14AsF4NO4/c1-14(15,6-21)20-9(22)3-2-4-10(23)24-13-11(18)7(16)5-8(17)12(13)19/h5,21H,2-4,6H2,1H3,(H,20,22). The molecule has 24 heavy (non-hydrogen) atoms. The summed E-state index contributed by atoms with van der Waals surface area (Å²) in [6, 6.07) is -0.00619. The molecule has 1 amide bonds. The van der Waals surface area contributed by atoms with Crippen molar-refractivity contribution in [3.8, 4) is 5.75 Å². The van der Waals surface area contributed by atoms with Gasteiger partial charge in [0.25, 0.3) is 0 Å². The van der Waals surface area contributed by atoms with Crippen LogP contribution in [0.1, 0.15) is 26.2 Å². The summed E-state index contributed by atoms with van der Waals surface area (Å²) >= 11 is 2.07. The minimum atomic E-state index is -1.82. The number of hydrogen-bond acceptors (Lipinski definition) is 4. The molecule has 1 aromatic carbocycles. The fourth-order valence-electron chi connectivity index (χ4n) is 1.60. The average Bonchev–Trinajstić information content (AvgIpc) is 2.49. The predicted octanol–water partition coefficient (Wildman–Crippen LogP) is 1.31. The summed E-state index contributed by atoms with van der Waals surface area (Å²) in [6.07, 6.45) is -0.552. The van der Waals surface area contributed by atoms with E-state index in [-0.39, 0.29) is 25.5 Å². The summed E-state index contributed by atoms with van der Waals surface area (Å²) in [5.41, 5.74) is 0. The molecular formula is C14H14AsF4NO4. The molecule has 0 spiro atoms. The zero-order valence-electron chi connectivity index (χ0n) is 12.5. The first-order valence-corrected chi connectivity index (χ1v) is 7.69. The molecule has 2 radical (unpaired) electrons. The number of hydrogen-bond donors (Lipinski definition) is 2. The summed E-state index contributed by atoms with van der Waals surface area (Å²) in [6.45, 7) is 1.24. The molecule has 132 valence electrons. The number of benzene rings is 1. The number of amides is 1. The number of aliphatic hydroxyl groups is 1. The van der Waals surface area contributed by atoms with Gasteiger partial charge in [0.15, 0.2) is 0 Å². The molecule has 0 aromatic heterocycles. The topological polar surface area (TPSA) is 75.6 Å². The number of halogens is 4. The summed E-state index contributed by atoms with van der Waals surface area (Å²) in [7, 11) is 0. The van der Waals surface area contributed by atoms with Gasteiger partial charge in [-0.1, -0.05) is 0 Å². The normalized spacial score (nSPS) is 13.3. The van der Waals surface area contributed by atoms with Gasteiger partial charge < -0.3 is 0 Å². The van der Waals surface area contributed by atoms with Crippen LogP contribution in [0.2, 0.25) is 0 Å². The zero-order valence-corrected chi connectivity index (χ0v) is 14.4. The number of carbonyl (C=O) groups excluding carboxylic acids is 2. The first kappa shape index (κ1) is 20.4. The van der Waals surface area contributed by atoms with Crippen LogP contribution in [0.3, 0.4) is 0 Å². The first-order valence-electron chi connectivity index (χ1n) is 6.75. The van der Waals surface area contributed by atoms with Crippen LogP contribution in [0.15, 0.2) is 6.07 Å². The molecule has 0 aliphatic rings. The minimum absolute atomic E-state index is 0.00619. The van der Waals surface area contributed by atoms with Gasteiger partial charge in [0.05, 0.1) is 0 Å². The van der Waals surface area contributed by atoms with Crippen LogP contribution >= 0.6 is 0 Å². The van der Waals surface area contributed by atoms with E-state index in [0.29, 0.717) is 0 Å². The molecule has 0 aliphatic heterocycles. The Labute approximate surface area is 143 Å². The van der Waals surface area contributed by atoms with E-state index in [9.17, 15) is 27.2 Å². The molecule has 0 saturated carbocycles. The molecule has 0 heterocycles. The Morgan fingerprint density at radius 3 is 2.25 bits per heavy atom. The second kappa shape index (κ2) is 8.48. The molecule has 1 aromatic rings. The Morgan fingerprint density at radius 2 is 1.75 bits per heavy atom. The molecule has 2 N–H and O–H groups in total. The third kappa shape index (κ3) is 5.79. The Hall–Kier alpha value is -1.60. The van der Waals surface area contributed by atoms with E-state index in [2.05, 4.69) is 26.9 Å². The van der Waals surface area contributed by atoms with Crippen molar-refractivity contribution in [1.29, 1.82) is 0 Å². The van der Waals surface area contributed by atoms with Gasteiger partial charge in [0, 0.05) is 0 Å². The van der Waals surface area contributed by atoms with Crippen LogP contribution in [0.5, 0.6) is 5.75 Å². The Balaban J connectivity index is 2.56. The maximum atomic E-state index is 13.3. The van der Waals surface area contributed by atoms with Gasteiger partial charge in [0.1, 0.15) is 0 Å². The number of esters is 1. The Bertz CT molecular complexity index is 613. The Kier molecular flexibility index (Phi) is 7.23. The van der Waals surface area contributed by atoms with E-state index < -0.39 is 51.6 Å². The molecule has 0 aliphatic carbocycles. The molecule has 0 bridgehead atoms.